The summed E-state index contributed by atoms with van der Waals surface area (Å²) >= 11 is 0. The maximum atomic E-state index is 12.7. The number of piperidine rings is 1. The molecule has 0 amide bonds. The van der Waals surface area contributed by atoms with E-state index in [0.717, 1.165) is 18.4 Å². The summed E-state index contributed by atoms with van der Waals surface area (Å²) in [6, 6.07) is 3.17. The third kappa shape index (κ3) is 4.33. The summed E-state index contributed by atoms with van der Waals surface area (Å²) < 4.78 is 62.6. The molecule has 10 heteroatoms. The monoisotopic (exact) mass is 348 g/mol. The molecule has 1 saturated heterocycles. The van der Waals surface area contributed by atoms with Crippen LogP contribution in [-0.2, 0) is 16.2 Å². The van der Waals surface area contributed by atoms with Gasteiger partial charge in [-0.2, -0.15) is 18.4 Å². The van der Waals surface area contributed by atoms with Gasteiger partial charge in [-0.05, 0) is 25.0 Å². The predicted molar refractivity (Wildman–Crippen MR) is 77.0 cm³/mol. The first-order chi connectivity index (χ1) is 10.6. The van der Waals surface area contributed by atoms with Crippen molar-refractivity contribution in [2.75, 3.05) is 24.7 Å². The van der Waals surface area contributed by atoms with E-state index in [4.69, 9.17) is 5.26 Å². The van der Waals surface area contributed by atoms with Gasteiger partial charge in [0.1, 0.15) is 17.6 Å². The van der Waals surface area contributed by atoms with Gasteiger partial charge in [0.15, 0.2) is 0 Å². The first kappa shape index (κ1) is 17.5. The first-order valence-electron chi connectivity index (χ1n) is 6.81. The Balaban J connectivity index is 2.23. The van der Waals surface area contributed by atoms with E-state index in [1.54, 1.807) is 6.07 Å². The number of halogens is 3. The molecule has 0 bridgehead atoms. The minimum Gasteiger partial charge on any atom is -0.365 e. The molecule has 1 atom stereocenters. The molecule has 0 radical (unpaired) electrons. The highest BCUT2D eigenvalue weighted by Gasteiger charge is 2.33. The third-order valence-electron chi connectivity index (χ3n) is 3.50. The van der Waals surface area contributed by atoms with E-state index in [2.05, 4.69) is 10.3 Å². The molecule has 0 spiro atoms. The molecular formula is C13H15F3N4O2S. The van der Waals surface area contributed by atoms with Crippen molar-refractivity contribution in [3.05, 3.63) is 23.4 Å². The van der Waals surface area contributed by atoms with Crippen molar-refractivity contribution in [1.29, 1.82) is 5.26 Å². The number of nitrogens with one attached hydrogen (secondary N) is 1. The Bertz CT molecular complexity index is 728. The zero-order chi connectivity index (χ0) is 17.3. The molecule has 2 heterocycles. The molecule has 1 N–H and O–H groups in total. The van der Waals surface area contributed by atoms with Gasteiger partial charge in [0.2, 0.25) is 10.0 Å². The maximum Gasteiger partial charge on any atom is 0.433 e. The molecular weight excluding hydrogens is 333 g/mol. The highest BCUT2D eigenvalue weighted by Crippen LogP contribution is 2.30. The van der Waals surface area contributed by atoms with Crippen LogP contribution in [0.4, 0.5) is 19.0 Å². The number of sulfonamides is 1. The SMILES string of the molecule is CS(=O)(=O)N1CCC[C@@H](Nc2nc(C(F)(F)F)ccc2C#N)C1. The average Bonchev–Trinajstić information content (AvgIpc) is 2.45. The van der Waals surface area contributed by atoms with Crippen LogP contribution < -0.4 is 5.32 Å². The molecule has 1 aliphatic heterocycles. The van der Waals surface area contributed by atoms with E-state index in [0.29, 0.717) is 19.4 Å². The van der Waals surface area contributed by atoms with Gasteiger partial charge in [-0.15, -0.1) is 0 Å². The molecule has 1 aromatic rings. The van der Waals surface area contributed by atoms with E-state index < -0.39 is 27.9 Å². The van der Waals surface area contributed by atoms with Crippen molar-refractivity contribution >= 4 is 15.8 Å². The number of hydrogen-bond donors (Lipinski definition) is 1. The molecule has 1 aromatic heterocycles. The van der Waals surface area contributed by atoms with Crippen LogP contribution in [0.15, 0.2) is 12.1 Å². The third-order valence-corrected chi connectivity index (χ3v) is 4.77. The second kappa shape index (κ2) is 6.33. The average molecular weight is 348 g/mol. The second-order valence-electron chi connectivity index (χ2n) is 5.31. The Kier molecular flexibility index (Phi) is 4.81. The molecule has 126 valence electrons. The van der Waals surface area contributed by atoms with Crippen LogP contribution in [0, 0.1) is 11.3 Å². The van der Waals surface area contributed by atoms with Crippen molar-refractivity contribution in [3.63, 3.8) is 0 Å². The Morgan fingerprint density at radius 1 is 1.43 bits per heavy atom. The van der Waals surface area contributed by atoms with Crippen molar-refractivity contribution in [2.24, 2.45) is 0 Å². The second-order valence-corrected chi connectivity index (χ2v) is 7.29. The Labute approximate surface area is 132 Å². The summed E-state index contributed by atoms with van der Waals surface area (Å²) in [5.41, 5.74) is -1.12. The summed E-state index contributed by atoms with van der Waals surface area (Å²) in [6.45, 7) is 0.500. The van der Waals surface area contributed by atoms with Gasteiger partial charge >= 0.3 is 6.18 Å². The van der Waals surface area contributed by atoms with Gasteiger partial charge in [0.05, 0.1) is 11.8 Å². The summed E-state index contributed by atoms with van der Waals surface area (Å²) in [5, 5.41) is 11.8. The number of nitrogens with zero attached hydrogens (tertiary/aromatic N) is 3. The largest absolute Gasteiger partial charge is 0.433 e. The highest BCUT2D eigenvalue weighted by atomic mass is 32.2. The van der Waals surface area contributed by atoms with Gasteiger partial charge in [-0.3, -0.25) is 0 Å². The van der Waals surface area contributed by atoms with Crippen molar-refractivity contribution in [2.45, 2.75) is 25.1 Å². The van der Waals surface area contributed by atoms with Gasteiger partial charge < -0.3 is 5.32 Å². The Hall–Kier alpha value is -1.86. The zero-order valence-corrected chi connectivity index (χ0v) is 13.1. The van der Waals surface area contributed by atoms with Crippen LogP contribution in [0.2, 0.25) is 0 Å². The van der Waals surface area contributed by atoms with Gasteiger partial charge in [0.25, 0.3) is 0 Å². The van der Waals surface area contributed by atoms with Gasteiger partial charge in [-0.25, -0.2) is 17.7 Å². The number of hydrogen-bond acceptors (Lipinski definition) is 5. The van der Waals surface area contributed by atoms with Gasteiger partial charge in [-0.1, -0.05) is 0 Å². The van der Waals surface area contributed by atoms with Gasteiger partial charge in [0, 0.05) is 19.1 Å². The van der Waals surface area contributed by atoms with E-state index in [1.807, 2.05) is 0 Å². The molecule has 1 fully saturated rings. The fourth-order valence-corrected chi connectivity index (χ4v) is 3.28. The topological polar surface area (TPSA) is 86.1 Å². The van der Waals surface area contributed by atoms with E-state index >= 15 is 0 Å². The fraction of sp³-hybridized carbons (Fsp3) is 0.538. The van der Waals surface area contributed by atoms with Crippen LogP contribution in [-0.4, -0.2) is 43.1 Å². The zero-order valence-electron chi connectivity index (χ0n) is 12.3. The molecule has 2 rings (SSSR count). The summed E-state index contributed by atoms with van der Waals surface area (Å²) in [5.74, 6) is -0.178. The van der Waals surface area contributed by atoms with E-state index in [-0.39, 0.29) is 17.9 Å². The summed E-state index contributed by atoms with van der Waals surface area (Å²) in [7, 11) is -3.37. The summed E-state index contributed by atoms with van der Waals surface area (Å²) in [4.78, 5) is 3.47. The highest BCUT2D eigenvalue weighted by molar-refractivity contribution is 7.88. The Morgan fingerprint density at radius 3 is 2.70 bits per heavy atom. The predicted octanol–water partition coefficient (Wildman–Crippen LogP) is 1.81. The molecule has 0 unspecified atom stereocenters. The minimum atomic E-state index is -4.62. The standard InChI is InChI=1S/C13H15F3N4O2S/c1-23(21,22)20-6-2-3-10(8-20)18-12-9(7-17)4-5-11(19-12)13(14,15)16/h4-5,10H,2-3,6,8H2,1H3,(H,18,19)/t10-/m1/s1. The van der Waals surface area contributed by atoms with Crippen molar-refractivity contribution in [1.82, 2.24) is 9.29 Å². The number of rotatable bonds is 3. The first-order valence-corrected chi connectivity index (χ1v) is 8.66. The van der Waals surface area contributed by atoms with Crippen LogP contribution >= 0.6 is 0 Å². The van der Waals surface area contributed by atoms with Crippen LogP contribution in [0.25, 0.3) is 0 Å². The smallest absolute Gasteiger partial charge is 0.365 e. The number of alkyl halides is 3. The molecule has 6 nitrogen and oxygen atoms in total. The number of aromatic nitrogens is 1. The molecule has 1 aliphatic rings. The lowest BCUT2D eigenvalue weighted by atomic mass is 10.1. The lowest BCUT2D eigenvalue weighted by molar-refractivity contribution is -0.141. The molecule has 0 saturated carbocycles. The number of anilines is 1. The van der Waals surface area contributed by atoms with E-state index in [9.17, 15) is 21.6 Å². The van der Waals surface area contributed by atoms with E-state index in [1.165, 1.54) is 4.31 Å². The number of nitriles is 1. The Morgan fingerprint density at radius 2 is 2.13 bits per heavy atom. The lowest BCUT2D eigenvalue weighted by Crippen LogP contribution is -2.44. The minimum absolute atomic E-state index is 0.0190. The van der Waals surface area contributed by atoms with Crippen LogP contribution in [0.1, 0.15) is 24.1 Å². The number of pyridine rings is 1. The molecule has 0 aliphatic carbocycles. The van der Waals surface area contributed by atoms with Crippen LogP contribution in [0.5, 0.6) is 0 Å². The quantitative estimate of drug-likeness (QED) is 0.900. The fourth-order valence-electron chi connectivity index (χ4n) is 2.37. The van der Waals surface area contributed by atoms with Crippen molar-refractivity contribution < 1.29 is 21.6 Å². The molecule has 23 heavy (non-hydrogen) atoms. The van der Waals surface area contributed by atoms with Crippen LogP contribution in [0.3, 0.4) is 0 Å². The maximum absolute atomic E-state index is 12.7. The lowest BCUT2D eigenvalue weighted by Gasteiger charge is -2.31. The normalized spacial score (nSPS) is 20.0. The van der Waals surface area contributed by atoms with Crippen molar-refractivity contribution in [3.8, 4) is 6.07 Å². The summed E-state index contributed by atoms with van der Waals surface area (Å²) in [6.07, 6.45) is -2.38. The molecule has 0 aromatic carbocycles.